The molecular formula is C24H27F9N6O4. The number of aromatic nitrogens is 3. The molecule has 0 spiro atoms. The van der Waals surface area contributed by atoms with E-state index in [0.717, 1.165) is 23.3 Å². The number of methoxy groups -OCH3 is 1. The van der Waals surface area contributed by atoms with Crippen molar-refractivity contribution in [1.29, 1.82) is 0 Å². The summed E-state index contributed by atoms with van der Waals surface area (Å²) in [4.78, 5) is 30.1. The number of nitrogens with zero attached hydrogens (tertiary/aromatic N) is 4. The van der Waals surface area contributed by atoms with Crippen LogP contribution in [0.15, 0.2) is 18.5 Å². The van der Waals surface area contributed by atoms with Crippen molar-refractivity contribution in [3.63, 3.8) is 0 Å². The van der Waals surface area contributed by atoms with E-state index in [9.17, 15) is 49.1 Å². The molecule has 0 aromatic carbocycles. The van der Waals surface area contributed by atoms with Crippen molar-refractivity contribution >= 4 is 17.6 Å². The number of imidazole rings is 1. The summed E-state index contributed by atoms with van der Waals surface area (Å²) in [6.07, 6.45) is -12.2. The number of hydrogen-bond acceptors (Lipinski definition) is 6. The lowest BCUT2D eigenvalue weighted by Gasteiger charge is -2.30. The van der Waals surface area contributed by atoms with Crippen LogP contribution in [0.1, 0.15) is 43.6 Å². The monoisotopic (exact) mass is 634 g/mol. The molecule has 5 atom stereocenters. The van der Waals surface area contributed by atoms with E-state index in [4.69, 9.17) is 9.47 Å². The number of nitrogens with one attached hydrogen (secondary N) is 2. The van der Waals surface area contributed by atoms with Crippen LogP contribution in [0, 0.1) is 11.8 Å². The quantitative estimate of drug-likeness (QED) is 0.382. The molecule has 3 heterocycles. The maximum Gasteiger partial charge on any atom is 0.416 e. The molecule has 2 aromatic heterocycles. The molecular weight excluding hydrogens is 607 g/mol. The summed E-state index contributed by atoms with van der Waals surface area (Å²) in [6, 6.07) is -4.26. The van der Waals surface area contributed by atoms with Crippen molar-refractivity contribution in [2.45, 2.75) is 62.5 Å². The molecule has 4 rings (SSSR count). The van der Waals surface area contributed by atoms with Gasteiger partial charge in [0.15, 0.2) is 11.2 Å². The Balaban J connectivity index is 1.61. The van der Waals surface area contributed by atoms with Crippen molar-refractivity contribution in [2.75, 3.05) is 26.9 Å². The number of hydrogen-bond donors (Lipinski definition) is 2. The molecule has 0 radical (unpaired) electrons. The number of carbonyl (C=O) groups excluding carboxylic acids is 2. The van der Waals surface area contributed by atoms with Gasteiger partial charge >= 0.3 is 24.6 Å². The van der Waals surface area contributed by atoms with Crippen molar-refractivity contribution in [3.8, 4) is 0 Å². The largest absolute Gasteiger partial charge is 0.416 e. The molecule has 0 bridgehead atoms. The summed E-state index contributed by atoms with van der Waals surface area (Å²) in [5.41, 5.74) is -2.59. The summed E-state index contributed by atoms with van der Waals surface area (Å²) in [6.45, 7) is -0.307. The highest BCUT2D eigenvalue weighted by Crippen LogP contribution is 2.50. The second-order valence-corrected chi connectivity index (χ2v) is 10.8. The molecule has 2 aliphatic rings. The Labute approximate surface area is 237 Å². The number of halogens is 9. The van der Waals surface area contributed by atoms with Gasteiger partial charge in [-0.05, 0) is 26.3 Å². The summed E-state index contributed by atoms with van der Waals surface area (Å²) in [5, 5.41) is 8.24. The zero-order valence-corrected chi connectivity index (χ0v) is 22.8. The molecule has 3 amide bonds. The number of rotatable bonds is 10. The number of fused-ring (bicyclic) bond motifs is 1. The average molecular weight is 635 g/mol. The van der Waals surface area contributed by atoms with E-state index in [0.29, 0.717) is 0 Å². The SMILES string of the molecule is COC[C@H](c1cnn2cc([C@H](COC(C)(C)C(F)(F)F)NC(=O)[C@H]3C[C@@H]3C(F)(F)F)nc2c1)N1C[C@@H](C(F)(F)F)NC1=O. The molecule has 1 aliphatic carbocycles. The van der Waals surface area contributed by atoms with Crippen LogP contribution >= 0.6 is 0 Å². The lowest BCUT2D eigenvalue weighted by molar-refractivity contribution is -0.265. The minimum Gasteiger partial charge on any atom is -0.382 e. The average Bonchev–Trinajstić information content (AvgIpc) is 3.45. The fourth-order valence-electron chi connectivity index (χ4n) is 4.50. The van der Waals surface area contributed by atoms with Crippen molar-refractivity contribution in [3.05, 3.63) is 29.7 Å². The lowest BCUT2D eigenvalue weighted by atomic mass is 10.1. The Hall–Kier alpha value is -3.35. The Kier molecular flexibility index (Phi) is 8.55. The molecule has 2 N–H and O–H groups in total. The first-order valence-electron chi connectivity index (χ1n) is 12.8. The normalized spacial score (nSPS) is 22.9. The number of ether oxygens (including phenoxy) is 2. The first kappa shape index (κ1) is 32.6. The second-order valence-electron chi connectivity index (χ2n) is 10.8. The van der Waals surface area contributed by atoms with Crippen LogP contribution < -0.4 is 10.6 Å². The van der Waals surface area contributed by atoms with Crippen molar-refractivity contribution < 1.29 is 58.6 Å². The Morgan fingerprint density at radius 2 is 1.79 bits per heavy atom. The third-order valence-electron chi connectivity index (χ3n) is 7.29. The minimum absolute atomic E-state index is 0.00880. The number of amides is 3. The van der Waals surface area contributed by atoms with Crippen LogP contribution in [0.25, 0.3) is 5.65 Å². The van der Waals surface area contributed by atoms with Crippen LogP contribution in [0.3, 0.4) is 0 Å². The van der Waals surface area contributed by atoms with Crippen molar-refractivity contribution in [1.82, 2.24) is 30.1 Å². The predicted octanol–water partition coefficient (Wildman–Crippen LogP) is 4.09. The first-order valence-corrected chi connectivity index (χ1v) is 12.8. The van der Waals surface area contributed by atoms with E-state index in [1.165, 1.54) is 25.6 Å². The van der Waals surface area contributed by atoms with E-state index in [1.54, 1.807) is 0 Å². The molecule has 0 unspecified atom stereocenters. The first-order chi connectivity index (χ1) is 19.7. The van der Waals surface area contributed by atoms with Gasteiger partial charge in [0.25, 0.3) is 0 Å². The van der Waals surface area contributed by atoms with Crippen LogP contribution in [-0.4, -0.2) is 88.5 Å². The van der Waals surface area contributed by atoms with Gasteiger partial charge in [0.05, 0.1) is 61.8 Å². The molecule has 1 saturated heterocycles. The third kappa shape index (κ3) is 7.08. The number of carbonyl (C=O) groups is 2. The Morgan fingerprint density at radius 1 is 1.12 bits per heavy atom. The lowest BCUT2D eigenvalue weighted by Crippen LogP contribution is -2.44. The molecule has 1 saturated carbocycles. The Morgan fingerprint density at radius 3 is 2.33 bits per heavy atom. The molecule has 43 heavy (non-hydrogen) atoms. The minimum atomic E-state index is -4.82. The van der Waals surface area contributed by atoms with Crippen molar-refractivity contribution in [2.24, 2.45) is 11.8 Å². The van der Waals surface area contributed by atoms with Gasteiger partial charge in [-0.3, -0.25) is 4.79 Å². The molecule has 2 fully saturated rings. The second kappa shape index (κ2) is 11.3. The zero-order chi connectivity index (χ0) is 32.1. The van der Waals surface area contributed by atoms with Crippen LogP contribution in [0.4, 0.5) is 44.3 Å². The van der Waals surface area contributed by atoms with E-state index in [-0.39, 0.29) is 23.5 Å². The van der Waals surface area contributed by atoms with Gasteiger partial charge in [0, 0.05) is 12.7 Å². The van der Waals surface area contributed by atoms with Crippen LogP contribution in [0.5, 0.6) is 0 Å². The van der Waals surface area contributed by atoms with Crippen LogP contribution in [-0.2, 0) is 14.3 Å². The topological polar surface area (TPSA) is 110 Å². The standard InChI is InChI=1S/C24H27F9N6O4/c1-21(2,24(31,32)33)43-9-15(36-19(40)12-5-13(12)22(25,26)27)14-7-39-18(35-14)4-11(6-34-39)16(10-42-3)38-8-17(23(28,29)30)37-20(38)41/h4,6-7,12-13,15-17H,5,8-10H2,1-3H3,(H,36,40)(H,37,41)/t12-,13-,15-,16+,17-/m0/s1. The highest BCUT2D eigenvalue weighted by atomic mass is 19.4. The highest BCUT2D eigenvalue weighted by Gasteiger charge is 2.59. The summed E-state index contributed by atoms with van der Waals surface area (Å²) in [7, 11) is 1.26. The maximum atomic E-state index is 13.4. The van der Waals surface area contributed by atoms with E-state index in [2.05, 4.69) is 15.4 Å². The summed E-state index contributed by atoms with van der Waals surface area (Å²) >= 11 is 0. The van der Waals surface area contributed by atoms with Gasteiger partial charge in [-0.25, -0.2) is 14.3 Å². The third-order valence-corrected chi connectivity index (χ3v) is 7.29. The van der Waals surface area contributed by atoms with Gasteiger partial charge in [0.2, 0.25) is 5.91 Å². The molecule has 19 heteroatoms. The van der Waals surface area contributed by atoms with Gasteiger partial charge in [-0.1, -0.05) is 0 Å². The number of alkyl halides is 9. The fourth-order valence-corrected chi connectivity index (χ4v) is 4.50. The highest BCUT2D eigenvalue weighted by molar-refractivity contribution is 5.82. The Bertz CT molecular complexity index is 1340. The smallest absolute Gasteiger partial charge is 0.382 e. The van der Waals surface area contributed by atoms with Gasteiger partial charge < -0.3 is 25.0 Å². The van der Waals surface area contributed by atoms with E-state index < -0.39 is 85.6 Å². The summed E-state index contributed by atoms with van der Waals surface area (Å²) in [5.74, 6) is -4.36. The maximum absolute atomic E-state index is 13.4. The van der Waals surface area contributed by atoms with Gasteiger partial charge in [-0.2, -0.15) is 44.6 Å². The van der Waals surface area contributed by atoms with E-state index in [1.807, 2.05) is 5.32 Å². The zero-order valence-electron chi connectivity index (χ0n) is 22.8. The van der Waals surface area contributed by atoms with Gasteiger partial charge in [-0.15, -0.1) is 0 Å². The summed E-state index contributed by atoms with van der Waals surface area (Å²) < 4.78 is 130. The molecule has 240 valence electrons. The molecule has 1 aliphatic heterocycles. The van der Waals surface area contributed by atoms with Gasteiger partial charge in [0.1, 0.15) is 6.04 Å². The molecule has 2 aromatic rings. The van der Waals surface area contributed by atoms with Crippen LogP contribution in [0.2, 0.25) is 0 Å². The molecule has 10 nitrogen and oxygen atoms in total. The van der Waals surface area contributed by atoms with E-state index >= 15 is 0 Å². The fraction of sp³-hybridized carbons (Fsp3) is 0.667. The number of urea groups is 1. The predicted molar refractivity (Wildman–Crippen MR) is 127 cm³/mol.